The van der Waals surface area contributed by atoms with E-state index >= 15 is 0 Å². The summed E-state index contributed by atoms with van der Waals surface area (Å²) in [5.41, 5.74) is 2.76. The van der Waals surface area contributed by atoms with Crippen LogP contribution in [-0.2, 0) is 11.3 Å². The highest BCUT2D eigenvalue weighted by molar-refractivity contribution is 5.91. The molecule has 0 aliphatic rings. The molecule has 0 spiro atoms. The van der Waals surface area contributed by atoms with E-state index in [1.165, 1.54) is 0 Å². The molecule has 1 heterocycles. The summed E-state index contributed by atoms with van der Waals surface area (Å²) in [4.78, 5) is 22.6. The molecule has 1 aromatic heterocycles. The third-order valence-corrected chi connectivity index (χ3v) is 3.04. The zero-order valence-corrected chi connectivity index (χ0v) is 11.1. The molecule has 104 valence electrons. The van der Waals surface area contributed by atoms with Crippen LogP contribution < -0.4 is 5.32 Å². The second kappa shape index (κ2) is 5.54. The molecule has 6 nitrogen and oxygen atoms in total. The standard InChI is InChI=1S/C15H12N4O2/c20-10-11-5-7-12(8-6-11)16-15(21)9-19-14-4-2-1-3-13(14)17-18-19/h1-8,10H,9H2,(H,16,21). The van der Waals surface area contributed by atoms with Crippen molar-refractivity contribution in [1.82, 2.24) is 15.0 Å². The molecule has 1 N–H and O–H groups in total. The van der Waals surface area contributed by atoms with E-state index in [0.717, 1.165) is 17.3 Å². The van der Waals surface area contributed by atoms with E-state index in [1.807, 2.05) is 24.3 Å². The van der Waals surface area contributed by atoms with E-state index in [1.54, 1.807) is 28.9 Å². The first kappa shape index (κ1) is 13.0. The minimum absolute atomic E-state index is 0.0793. The van der Waals surface area contributed by atoms with Crippen molar-refractivity contribution in [1.29, 1.82) is 0 Å². The van der Waals surface area contributed by atoms with Crippen molar-refractivity contribution in [2.75, 3.05) is 5.32 Å². The Labute approximate surface area is 120 Å². The Bertz CT molecular complexity index is 793. The summed E-state index contributed by atoms with van der Waals surface area (Å²) >= 11 is 0. The molecule has 3 rings (SSSR count). The number of aldehydes is 1. The minimum atomic E-state index is -0.204. The van der Waals surface area contributed by atoms with Crippen LogP contribution in [0.4, 0.5) is 5.69 Å². The van der Waals surface area contributed by atoms with Crippen molar-refractivity contribution >= 4 is 28.9 Å². The lowest BCUT2D eigenvalue weighted by Crippen LogP contribution is -2.19. The first-order valence-electron chi connectivity index (χ1n) is 6.39. The SMILES string of the molecule is O=Cc1ccc(NC(=O)Cn2nnc3ccccc32)cc1. The molecule has 0 radical (unpaired) electrons. The van der Waals surface area contributed by atoms with Crippen LogP contribution in [0.1, 0.15) is 10.4 Å². The average Bonchev–Trinajstić information content (AvgIpc) is 2.91. The fourth-order valence-electron chi connectivity index (χ4n) is 2.02. The van der Waals surface area contributed by atoms with Crippen LogP contribution in [0.25, 0.3) is 11.0 Å². The van der Waals surface area contributed by atoms with Crippen molar-refractivity contribution in [3.8, 4) is 0 Å². The normalized spacial score (nSPS) is 10.5. The van der Waals surface area contributed by atoms with Crippen molar-refractivity contribution in [2.24, 2.45) is 0 Å². The molecule has 1 amide bonds. The van der Waals surface area contributed by atoms with Crippen LogP contribution in [0.5, 0.6) is 0 Å². The van der Waals surface area contributed by atoms with Gasteiger partial charge >= 0.3 is 0 Å². The molecule has 0 saturated carbocycles. The number of benzene rings is 2. The predicted octanol–water partition coefficient (Wildman–Crippen LogP) is 1.88. The molecule has 0 fully saturated rings. The van der Waals surface area contributed by atoms with Crippen LogP contribution in [0.2, 0.25) is 0 Å². The Morgan fingerprint density at radius 1 is 1.14 bits per heavy atom. The van der Waals surface area contributed by atoms with Crippen molar-refractivity contribution < 1.29 is 9.59 Å². The highest BCUT2D eigenvalue weighted by Crippen LogP contribution is 2.11. The molecular weight excluding hydrogens is 268 g/mol. The summed E-state index contributed by atoms with van der Waals surface area (Å²) in [5, 5.41) is 10.7. The van der Waals surface area contributed by atoms with Gasteiger partial charge in [-0.15, -0.1) is 5.10 Å². The Hall–Kier alpha value is -3.02. The maximum atomic E-state index is 12.0. The molecular formula is C15H12N4O2. The lowest BCUT2D eigenvalue weighted by molar-refractivity contribution is -0.116. The van der Waals surface area contributed by atoms with Gasteiger partial charge in [0.2, 0.25) is 5.91 Å². The number of hydrogen-bond donors (Lipinski definition) is 1. The Balaban J connectivity index is 1.72. The highest BCUT2D eigenvalue weighted by atomic mass is 16.2. The van der Waals surface area contributed by atoms with Crippen LogP contribution in [-0.4, -0.2) is 27.2 Å². The van der Waals surface area contributed by atoms with E-state index in [9.17, 15) is 9.59 Å². The summed E-state index contributed by atoms with van der Waals surface area (Å²) in [7, 11) is 0. The van der Waals surface area contributed by atoms with Crippen LogP contribution >= 0.6 is 0 Å². The van der Waals surface area contributed by atoms with E-state index < -0.39 is 0 Å². The van der Waals surface area contributed by atoms with Gasteiger partial charge in [0.05, 0.1) is 5.52 Å². The fourth-order valence-corrected chi connectivity index (χ4v) is 2.02. The van der Waals surface area contributed by atoms with E-state index in [4.69, 9.17) is 0 Å². The van der Waals surface area contributed by atoms with Gasteiger partial charge in [0.1, 0.15) is 18.3 Å². The molecule has 0 aliphatic carbocycles. The molecule has 2 aromatic carbocycles. The number of carbonyl (C=O) groups excluding carboxylic acids is 2. The largest absolute Gasteiger partial charge is 0.324 e. The van der Waals surface area contributed by atoms with Crippen LogP contribution in [0.15, 0.2) is 48.5 Å². The number of carbonyl (C=O) groups is 2. The highest BCUT2D eigenvalue weighted by Gasteiger charge is 2.08. The number of anilines is 1. The van der Waals surface area contributed by atoms with E-state index in [2.05, 4.69) is 15.6 Å². The molecule has 0 saturated heterocycles. The van der Waals surface area contributed by atoms with Gasteiger partial charge in [0.15, 0.2) is 0 Å². The summed E-state index contributed by atoms with van der Waals surface area (Å²) in [6, 6.07) is 14.1. The first-order valence-corrected chi connectivity index (χ1v) is 6.39. The molecule has 21 heavy (non-hydrogen) atoms. The van der Waals surface area contributed by atoms with E-state index in [-0.39, 0.29) is 12.5 Å². The fraction of sp³-hybridized carbons (Fsp3) is 0.0667. The van der Waals surface area contributed by atoms with Gasteiger partial charge < -0.3 is 5.32 Å². The smallest absolute Gasteiger partial charge is 0.246 e. The predicted molar refractivity (Wildman–Crippen MR) is 78.0 cm³/mol. The van der Waals surface area contributed by atoms with Gasteiger partial charge in [-0.3, -0.25) is 9.59 Å². The maximum Gasteiger partial charge on any atom is 0.246 e. The summed E-state index contributed by atoms with van der Waals surface area (Å²) < 4.78 is 1.55. The van der Waals surface area contributed by atoms with Crippen LogP contribution in [0.3, 0.4) is 0 Å². The monoisotopic (exact) mass is 280 g/mol. The van der Waals surface area contributed by atoms with Crippen molar-refractivity contribution in [2.45, 2.75) is 6.54 Å². The van der Waals surface area contributed by atoms with Crippen molar-refractivity contribution in [3.05, 3.63) is 54.1 Å². The second-order valence-corrected chi connectivity index (χ2v) is 4.52. The Morgan fingerprint density at radius 2 is 1.90 bits per heavy atom. The first-order chi connectivity index (χ1) is 10.3. The minimum Gasteiger partial charge on any atom is -0.324 e. The van der Waals surface area contributed by atoms with Gasteiger partial charge in [-0.1, -0.05) is 17.3 Å². The molecule has 6 heteroatoms. The number of aromatic nitrogens is 3. The number of fused-ring (bicyclic) bond motifs is 1. The third-order valence-electron chi connectivity index (χ3n) is 3.04. The lowest BCUT2D eigenvalue weighted by Gasteiger charge is -2.05. The number of amides is 1. The Kier molecular flexibility index (Phi) is 3.42. The second-order valence-electron chi connectivity index (χ2n) is 4.52. The quantitative estimate of drug-likeness (QED) is 0.740. The molecule has 0 aliphatic heterocycles. The number of para-hydroxylation sites is 1. The lowest BCUT2D eigenvalue weighted by atomic mass is 10.2. The number of rotatable bonds is 4. The molecule has 0 unspecified atom stereocenters. The molecule has 0 bridgehead atoms. The molecule has 3 aromatic rings. The average molecular weight is 280 g/mol. The summed E-state index contributed by atoms with van der Waals surface area (Å²) in [5.74, 6) is -0.204. The van der Waals surface area contributed by atoms with Gasteiger partial charge in [-0.05, 0) is 36.4 Å². The zero-order valence-electron chi connectivity index (χ0n) is 11.1. The third kappa shape index (κ3) is 2.79. The van der Waals surface area contributed by atoms with Gasteiger partial charge in [0.25, 0.3) is 0 Å². The summed E-state index contributed by atoms with van der Waals surface area (Å²) in [6.45, 7) is 0.0793. The maximum absolute atomic E-state index is 12.0. The van der Waals surface area contributed by atoms with Gasteiger partial charge in [-0.2, -0.15) is 0 Å². The number of nitrogens with zero attached hydrogens (tertiary/aromatic N) is 3. The number of nitrogens with one attached hydrogen (secondary N) is 1. The van der Waals surface area contributed by atoms with Gasteiger partial charge in [0, 0.05) is 11.3 Å². The topological polar surface area (TPSA) is 76.9 Å². The zero-order chi connectivity index (χ0) is 14.7. The Morgan fingerprint density at radius 3 is 2.67 bits per heavy atom. The van der Waals surface area contributed by atoms with Crippen LogP contribution in [0, 0.1) is 0 Å². The summed E-state index contributed by atoms with van der Waals surface area (Å²) in [6.07, 6.45) is 0.757. The van der Waals surface area contributed by atoms with Gasteiger partial charge in [-0.25, -0.2) is 4.68 Å². The molecule has 0 atom stereocenters. The number of hydrogen-bond acceptors (Lipinski definition) is 4. The van der Waals surface area contributed by atoms with Crippen molar-refractivity contribution in [3.63, 3.8) is 0 Å². The van der Waals surface area contributed by atoms with E-state index in [0.29, 0.717) is 11.3 Å².